The smallest absolute Gasteiger partial charge is 0.305 e. The van der Waals surface area contributed by atoms with Crippen molar-refractivity contribution in [3.63, 3.8) is 0 Å². The lowest BCUT2D eigenvalue weighted by atomic mass is 9.78. The maximum absolute atomic E-state index is 11.4. The summed E-state index contributed by atoms with van der Waals surface area (Å²) in [6, 6.07) is 8.58. The van der Waals surface area contributed by atoms with E-state index < -0.39 is 0 Å². The summed E-state index contributed by atoms with van der Waals surface area (Å²) in [5, 5.41) is 0. The summed E-state index contributed by atoms with van der Waals surface area (Å²) in [6.45, 7) is 9.72. The van der Waals surface area contributed by atoms with E-state index >= 15 is 0 Å². The Labute approximate surface area is 178 Å². The van der Waals surface area contributed by atoms with Gasteiger partial charge in [0.15, 0.2) is 0 Å². The van der Waals surface area contributed by atoms with Gasteiger partial charge in [0, 0.05) is 22.4 Å². The van der Waals surface area contributed by atoms with Gasteiger partial charge in [0.05, 0.1) is 18.1 Å². The molecular weight excluding hydrogens is 380 g/mol. The van der Waals surface area contributed by atoms with Crippen LogP contribution in [0.5, 0.6) is 5.75 Å². The van der Waals surface area contributed by atoms with Gasteiger partial charge in [0.25, 0.3) is 0 Å². The standard InChI is InChI=1S/C25H30O3S/c1-5-27-24(26)9-7-6-8-20-12-13-21(29-20)11-10-19-17-22-23(16-18(19)2)28-15-14-25(22,3)4/h12-13,16-17H,5-9,14-15H2,1-4H3. The van der Waals surface area contributed by atoms with Crippen LogP contribution in [0.4, 0.5) is 0 Å². The highest BCUT2D eigenvalue weighted by molar-refractivity contribution is 7.12. The largest absolute Gasteiger partial charge is 0.493 e. The number of ether oxygens (including phenoxy) is 2. The molecule has 1 aliphatic heterocycles. The summed E-state index contributed by atoms with van der Waals surface area (Å²) in [5.41, 5.74) is 3.61. The van der Waals surface area contributed by atoms with Gasteiger partial charge in [-0.3, -0.25) is 4.79 Å². The van der Waals surface area contributed by atoms with Gasteiger partial charge in [-0.2, -0.15) is 0 Å². The van der Waals surface area contributed by atoms with Gasteiger partial charge in [-0.15, -0.1) is 11.3 Å². The molecule has 0 radical (unpaired) electrons. The predicted octanol–water partition coefficient (Wildman–Crippen LogP) is 5.79. The van der Waals surface area contributed by atoms with Crippen LogP contribution in [0.2, 0.25) is 0 Å². The van der Waals surface area contributed by atoms with E-state index in [9.17, 15) is 4.79 Å². The van der Waals surface area contributed by atoms with Crippen LogP contribution in [-0.2, 0) is 21.4 Å². The van der Waals surface area contributed by atoms with Crippen molar-refractivity contribution >= 4 is 17.3 Å². The molecule has 1 aromatic carbocycles. The van der Waals surface area contributed by atoms with Crippen molar-refractivity contribution < 1.29 is 14.3 Å². The fraction of sp³-hybridized carbons (Fsp3) is 0.480. The second-order valence-electron chi connectivity index (χ2n) is 8.17. The van der Waals surface area contributed by atoms with Crippen LogP contribution in [0, 0.1) is 18.8 Å². The summed E-state index contributed by atoms with van der Waals surface area (Å²) >= 11 is 1.74. The minimum Gasteiger partial charge on any atom is -0.493 e. The summed E-state index contributed by atoms with van der Waals surface area (Å²) < 4.78 is 10.8. The number of thiophene rings is 1. The minimum atomic E-state index is -0.0979. The number of unbranched alkanes of at least 4 members (excludes halogenated alkanes) is 1. The summed E-state index contributed by atoms with van der Waals surface area (Å²) in [4.78, 5) is 13.8. The van der Waals surface area contributed by atoms with Crippen molar-refractivity contribution in [1.29, 1.82) is 0 Å². The van der Waals surface area contributed by atoms with Crippen LogP contribution in [-0.4, -0.2) is 19.2 Å². The molecule has 4 heteroatoms. The normalized spacial score (nSPS) is 14.3. The number of carbonyl (C=O) groups excluding carboxylic acids is 1. The Morgan fingerprint density at radius 3 is 2.86 bits per heavy atom. The van der Waals surface area contributed by atoms with Crippen LogP contribution in [0.1, 0.15) is 72.9 Å². The SMILES string of the molecule is CCOC(=O)CCCCc1ccc(C#Cc2cc3c(cc2C)OCCC3(C)C)s1. The highest BCUT2D eigenvalue weighted by atomic mass is 32.1. The van der Waals surface area contributed by atoms with E-state index in [1.165, 1.54) is 10.4 Å². The fourth-order valence-electron chi connectivity index (χ4n) is 3.53. The Morgan fingerprint density at radius 2 is 2.07 bits per heavy atom. The number of hydrogen-bond donors (Lipinski definition) is 0. The molecule has 0 amide bonds. The molecule has 0 saturated carbocycles. The fourth-order valence-corrected chi connectivity index (χ4v) is 4.43. The Kier molecular flexibility index (Phi) is 7.03. The number of rotatable bonds is 6. The van der Waals surface area contributed by atoms with Crippen LogP contribution in [0.25, 0.3) is 0 Å². The molecule has 2 aromatic rings. The Balaban J connectivity index is 1.63. The maximum Gasteiger partial charge on any atom is 0.305 e. The van der Waals surface area contributed by atoms with Crippen molar-refractivity contribution in [3.8, 4) is 17.6 Å². The molecule has 0 spiro atoms. The highest BCUT2D eigenvalue weighted by Crippen LogP contribution is 2.39. The molecule has 0 N–H and O–H groups in total. The van der Waals surface area contributed by atoms with Gasteiger partial charge < -0.3 is 9.47 Å². The third-order valence-electron chi connectivity index (χ3n) is 5.38. The van der Waals surface area contributed by atoms with Crippen LogP contribution >= 0.6 is 11.3 Å². The van der Waals surface area contributed by atoms with E-state index in [4.69, 9.17) is 9.47 Å². The van der Waals surface area contributed by atoms with Crippen LogP contribution in [0.15, 0.2) is 24.3 Å². The van der Waals surface area contributed by atoms with Gasteiger partial charge in [0.2, 0.25) is 0 Å². The molecule has 3 nitrogen and oxygen atoms in total. The van der Waals surface area contributed by atoms with Crippen molar-refractivity contribution in [3.05, 3.63) is 50.7 Å². The zero-order valence-electron chi connectivity index (χ0n) is 17.9. The molecule has 29 heavy (non-hydrogen) atoms. The van der Waals surface area contributed by atoms with Crippen molar-refractivity contribution in [1.82, 2.24) is 0 Å². The molecule has 0 saturated heterocycles. The lowest BCUT2D eigenvalue weighted by Gasteiger charge is -2.33. The Hall–Kier alpha value is -2.25. The van der Waals surface area contributed by atoms with E-state index in [2.05, 4.69) is 56.9 Å². The molecule has 2 heterocycles. The van der Waals surface area contributed by atoms with Gasteiger partial charge in [0.1, 0.15) is 5.75 Å². The van der Waals surface area contributed by atoms with Crippen LogP contribution < -0.4 is 4.74 Å². The predicted molar refractivity (Wildman–Crippen MR) is 119 cm³/mol. The maximum atomic E-state index is 11.4. The van der Waals surface area contributed by atoms with Gasteiger partial charge in [-0.1, -0.05) is 25.7 Å². The lowest BCUT2D eigenvalue weighted by Crippen LogP contribution is -2.26. The third kappa shape index (κ3) is 5.64. The minimum absolute atomic E-state index is 0.0979. The average Bonchev–Trinajstić information content (AvgIpc) is 3.12. The van der Waals surface area contributed by atoms with E-state index in [-0.39, 0.29) is 11.4 Å². The first-order valence-corrected chi connectivity index (χ1v) is 11.2. The van der Waals surface area contributed by atoms with E-state index in [0.29, 0.717) is 13.0 Å². The number of hydrogen-bond acceptors (Lipinski definition) is 4. The first-order valence-electron chi connectivity index (χ1n) is 10.4. The van der Waals surface area contributed by atoms with Crippen LogP contribution in [0.3, 0.4) is 0 Å². The number of carbonyl (C=O) groups is 1. The molecule has 154 valence electrons. The van der Waals surface area contributed by atoms with E-state index in [1.54, 1.807) is 11.3 Å². The molecular formula is C25H30O3S. The monoisotopic (exact) mass is 410 g/mol. The zero-order valence-corrected chi connectivity index (χ0v) is 18.7. The molecule has 0 atom stereocenters. The summed E-state index contributed by atoms with van der Waals surface area (Å²) in [7, 11) is 0. The quantitative estimate of drug-likeness (QED) is 0.343. The van der Waals surface area contributed by atoms with Crippen molar-refractivity contribution in [2.24, 2.45) is 0 Å². The lowest BCUT2D eigenvalue weighted by molar-refractivity contribution is -0.143. The van der Waals surface area contributed by atoms with Crippen molar-refractivity contribution in [2.75, 3.05) is 13.2 Å². The Bertz CT molecular complexity index is 927. The number of fused-ring (bicyclic) bond motifs is 1. The van der Waals surface area contributed by atoms with E-state index in [1.807, 2.05) is 6.92 Å². The zero-order chi connectivity index (χ0) is 20.9. The second-order valence-corrected chi connectivity index (χ2v) is 9.34. The highest BCUT2D eigenvalue weighted by Gasteiger charge is 2.29. The molecule has 1 aliphatic rings. The Morgan fingerprint density at radius 1 is 1.24 bits per heavy atom. The number of benzene rings is 1. The third-order valence-corrected chi connectivity index (χ3v) is 6.44. The van der Waals surface area contributed by atoms with Crippen molar-refractivity contribution in [2.45, 2.75) is 65.2 Å². The first-order chi connectivity index (χ1) is 13.9. The number of aryl methyl sites for hydroxylation is 2. The summed E-state index contributed by atoms with van der Waals surface area (Å²) in [5.74, 6) is 7.61. The van der Waals surface area contributed by atoms with Gasteiger partial charge in [-0.05, 0) is 74.8 Å². The average molecular weight is 411 g/mol. The molecule has 0 bridgehead atoms. The van der Waals surface area contributed by atoms with Gasteiger partial charge in [-0.25, -0.2) is 0 Å². The van der Waals surface area contributed by atoms with Gasteiger partial charge >= 0.3 is 5.97 Å². The molecule has 1 aromatic heterocycles. The first kappa shape index (κ1) is 21.5. The molecule has 0 fully saturated rings. The second kappa shape index (κ2) is 9.50. The topological polar surface area (TPSA) is 35.5 Å². The molecule has 3 rings (SSSR count). The summed E-state index contributed by atoms with van der Waals surface area (Å²) in [6.07, 6.45) is 4.37. The molecule has 0 unspecified atom stereocenters. The molecule has 0 aliphatic carbocycles. The number of esters is 1. The van der Waals surface area contributed by atoms with E-state index in [0.717, 1.165) is 54.0 Å².